The molecule has 4 aromatic heterocycles. The molecule has 0 bridgehead atoms. The number of aromatic amines is 1. The summed E-state index contributed by atoms with van der Waals surface area (Å²) >= 11 is 0. The highest BCUT2D eigenvalue weighted by molar-refractivity contribution is 5.76. The third-order valence-corrected chi connectivity index (χ3v) is 6.64. The van der Waals surface area contributed by atoms with Gasteiger partial charge in [0.25, 0.3) is 0 Å². The summed E-state index contributed by atoms with van der Waals surface area (Å²) in [5.74, 6) is 2.03. The van der Waals surface area contributed by atoms with Crippen LogP contribution in [0, 0.1) is 19.7 Å². The third kappa shape index (κ3) is 5.81. The number of rotatable bonds is 6. The Bertz CT molecular complexity index is 1440. The number of carbonyl (C=O) groups excluding carboxylic acids is 1. The second-order valence-electron chi connectivity index (χ2n) is 9.99. The first-order valence-electron chi connectivity index (χ1n) is 12.8. The van der Waals surface area contributed by atoms with Crippen LogP contribution in [-0.4, -0.2) is 71.0 Å². The average molecular weight is 534 g/mol. The Balaban J connectivity index is 1.23. The third-order valence-electron chi connectivity index (χ3n) is 6.64. The van der Waals surface area contributed by atoms with Gasteiger partial charge in [-0.1, -0.05) is 6.07 Å². The number of hydrogen-bond acceptors (Lipinski definition) is 8. The predicted octanol–water partition coefficient (Wildman–Crippen LogP) is 3.65. The normalized spacial score (nSPS) is 18.2. The maximum atomic E-state index is 13.3. The molecule has 4 aromatic rings. The fraction of sp³-hybridized carbons (Fsp3) is 0.385. The molecule has 2 amide bonds. The largest absolute Gasteiger partial charge is 0.337 e. The predicted molar refractivity (Wildman–Crippen MR) is 145 cm³/mol. The number of pyridine rings is 1. The monoisotopic (exact) mass is 533 g/mol. The lowest BCUT2D eigenvalue weighted by Crippen LogP contribution is -2.61. The molecule has 12 nitrogen and oxygen atoms in total. The van der Waals surface area contributed by atoms with E-state index in [-0.39, 0.29) is 24.2 Å². The van der Waals surface area contributed by atoms with Crippen LogP contribution in [0.15, 0.2) is 42.9 Å². The number of hydrogen-bond donors (Lipinski definition) is 3. The molecule has 3 N–H and O–H groups in total. The van der Waals surface area contributed by atoms with E-state index in [0.29, 0.717) is 36.5 Å². The molecule has 0 saturated carbocycles. The molecule has 1 saturated heterocycles. The second-order valence-corrected chi connectivity index (χ2v) is 9.99. The van der Waals surface area contributed by atoms with E-state index in [0.717, 1.165) is 23.1 Å². The van der Waals surface area contributed by atoms with Crippen LogP contribution in [0.4, 0.5) is 26.8 Å². The van der Waals surface area contributed by atoms with Crippen molar-refractivity contribution < 1.29 is 9.18 Å². The van der Waals surface area contributed by atoms with Crippen LogP contribution >= 0.6 is 0 Å². The van der Waals surface area contributed by atoms with Gasteiger partial charge in [0.1, 0.15) is 5.82 Å². The topological polar surface area (TPSA) is 133 Å². The van der Waals surface area contributed by atoms with E-state index in [1.165, 1.54) is 10.9 Å². The number of aryl methyl sites for hydroxylation is 2. The van der Waals surface area contributed by atoms with Gasteiger partial charge in [0.05, 0.1) is 18.4 Å². The smallest absolute Gasteiger partial charge is 0.318 e. The lowest BCUT2D eigenvalue weighted by Gasteiger charge is -2.44. The van der Waals surface area contributed by atoms with Gasteiger partial charge in [-0.15, -0.1) is 0 Å². The first-order chi connectivity index (χ1) is 18.7. The van der Waals surface area contributed by atoms with Crippen molar-refractivity contribution in [1.82, 2.24) is 45.1 Å². The number of anilines is 3. The maximum absolute atomic E-state index is 13.3. The second kappa shape index (κ2) is 10.7. The van der Waals surface area contributed by atoms with Gasteiger partial charge in [-0.3, -0.25) is 5.10 Å². The minimum atomic E-state index is -0.431. The number of amides is 2. The van der Waals surface area contributed by atoms with E-state index in [1.807, 2.05) is 57.7 Å². The SMILES string of the molecule is Cc1cc(Nc2cc(C)[nH]n2)nc(N2C[C@@H](C)N(C(=O)N[C@@H](C)c3ccc(-n4cc(F)cn4)nc3)[C@@H](C)C2)n1. The highest BCUT2D eigenvalue weighted by atomic mass is 19.1. The Hall–Kier alpha value is -4.55. The van der Waals surface area contributed by atoms with Crippen molar-refractivity contribution in [2.24, 2.45) is 0 Å². The molecule has 0 aromatic carbocycles. The highest BCUT2D eigenvalue weighted by Gasteiger charge is 2.34. The molecule has 0 unspecified atom stereocenters. The van der Waals surface area contributed by atoms with Crippen molar-refractivity contribution in [3.8, 4) is 5.82 Å². The summed E-state index contributed by atoms with van der Waals surface area (Å²) in [5, 5.41) is 17.4. The number of piperazine rings is 1. The van der Waals surface area contributed by atoms with Crippen LogP contribution < -0.4 is 15.5 Å². The molecule has 0 spiro atoms. The molecule has 5 heterocycles. The molecule has 204 valence electrons. The molecule has 0 radical (unpaired) electrons. The van der Waals surface area contributed by atoms with Crippen molar-refractivity contribution in [3.05, 3.63) is 65.6 Å². The number of aromatic nitrogens is 7. The van der Waals surface area contributed by atoms with Crippen molar-refractivity contribution >= 4 is 23.6 Å². The number of nitrogens with one attached hydrogen (secondary N) is 3. The quantitative estimate of drug-likeness (QED) is 0.342. The zero-order chi connectivity index (χ0) is 27.7. The van der Waals surface area contributed by atoms with E-state index in [9.17, 15) is 9.18 Å². The highest BCUT2D eigenvalue weighted by Crippen LogP contribution is 2.24. The lowest BCUT2D eigenvalue weighted by molar-refractivity contribution is 0.139. The summed E-state index contributed by atoms with van der Waals surface area (Å²) in [6.07, 6.45) is 4.05. The maximum Gasteiger partial charge on any atom is 0.318 e. The molecular formula is C26H32FN11O. The zero-order valence-corrected chi connectivity index (χ0v) is 22.6. The summed E-state index contributed by atoms with van der Waals surface area (Å²) in [6, 6.07) is 6.79. The van der Waals surface area contributed by atoms with Gasteiger partial charge in [-0.2, -0.15) is 15.2 Å². The lowest BCUT2D eigenvalue weighted by atomic mass is 10.1. The number of urea groups is 1. The summed E-state index contributed by atoms with van der Waals surface area (Å²) in [5.41, 5.74) is 2.62. The van der Waals surface area contributed by atoms with Crippen LogP contribution in [-0.2, 0) is 0 Å². The summed E-state index contributed by atoms with van der Waals surface area (Å²) in [6.45, 7) is 11.0. The molecule has 1 aliphatic heterocycles. The first kappa shape index (κ1) is 26.1. The number of nitrogens with zero attached hydrogens (tertiary/aromatic N) is 8. The standard InChI is InChI=1S/C26H32FN11O/c1-15-8-22(32-23-9-16(2)34-35-23)33-25(30-15)36-12-17(3)38(18(4)13-36)26(39)31-19(5)20-6-7-24(28-10-20)37-14-21(27)11-29-37/h6-11,14,17-19H,12-13H2,1-5H3,(H,31,39)(H2,30,32,33,34,35)/t17-,18+,19-/m0/s1. The van der Waals surface area contributed by atoms with Crippen molar-refractivity contribution in [1.29, 1.82) is 0 Å². The molecule has 39 heavy (non-hydrogen) atoms. The Morgan fingerprint density at radius 2 is 1.87 bits per heavy atom. The van der Waals surface area contributed by atoms with Crippen molar-refractivity contribution in [2.75, 3.05) is 23.3 Å². The van der Waals surface area contributed by atoms with Crippen molar-refractivity contribution in [2.45, 2.75) is 52.7 Å². The van der Waals surface area contributed by atoms with E-state index >= 15 is 0 Å². The molecule has 1 aliphatic rings. The minimum absolute atomic E-state index is 0.0781. The number of halogens is 1. The van der Waals surface area contributed by atoms with Crippen LogP contribution in [0.3, 0.4) is 0 Å². The molecule has 0 aliphatic carbocycles. The average Bonchev–Trinajstić information content (AvgIpc) is 3.50. The van der Waals surface area contributed by atoms with E-state index in [2.05, 4.69) is 40.8 Å². The number of H-pyrrole nitrogens is 1. The molecule has 3 atom stereocenters. The summed E-state index contributed by atoms with van der Waals surface area (Å²) in [7, 11) is 0. The van der Waals surface area contributed by atoms with Gasteiger partial charge in [-0.05, 0) is 46.2 Å². The van der Waals surface area contributed by atoms with Gasteiger partial charge in [-0.25, -0.2) is 23.8 Å². The van der Waals surface area contributed by atoms with Gasteiger partial charge < -0.3 is 20.4 Å². The van der Waals surface area contributed by atoms with Crippen LogP contribution in [0.2, 0.25) is 0 Å². The van der Waals surface area contributed by atoms with E-state index in [4.69, 9.17) is 4.98 Å². The minimum Gasteiger partial charge on any atom is -0.337 e. The molecular weight excluding hydrogens is 501 g/mol. The Morgan fingerprint density at radius 1 is 1.10 bits per heavy atom. The Kier molecular flexibility index (Phi) is 7.13. The zero-order valence-electron chi connectivity index (χ0n) is 22.6. The fourth-order valence-corrected chi connectivity index (χ4v) is 4.82. The van der Waals surface area contributed by atoms with E-state index in [1.54, 1.807) is 12.3 Å². The number of carbonyl (C=O) groups is 1. The van der Waals surface area contributed by atoms with Crippen LogP contribution in [0.1, 0.15) is 43.8 Å². The molecule has 5 rings (SSSR count). The van der Waals surface area contributed by atoms with Crippen molar-refractivity contribution in [3.63, 3.8) is 0 Å². The van der Waals surface area contributed by atoms with Gasteiger partial charge in [0.2, 0.25) is 5.95 Å². The van der Waals surface area contributed by atoms with Gasteiger partial charge >= 0.3 is 6.03 Å². The fourth-order valence-electron chi connectivity index (χ4n) is 4.82. The Morgan fingerprint density at radius 3 is 2.49 bits per heavy atom. The first-order valence-corrected chi connectivity index (χ1v) is 12.8. The van der Waals surface area contributed by atoms with Gasteiger partial charge in [0, 0.05) is 54.9 Å². The van der Waals surface area contributed by atoms with E-state index < -0.39 is 5.82 Å². The van der Waals surface area contributed by atoms with Crippen LogP contribution in [0.5, 0.6) is 0 Å². The summed E-state index contributed by atoms with van der Waals surface area (Å²) < 4.78 is 14.6. The van der Waals surface area contributed by atoms with Crippen LogP contribution in [0.25, 0.3) is 5.82 Å². The molecule has 1 fully saturated rings. The molecule has 13 heteroatoms. The van der Waals surface area contributed by atoms with Gasteiger partial charge in [0.15, 0.2) is 17.5 Å². The summed E-state index contributed by atoms with van der Waals surface area (Å²) in [4.78, 5) is 31.0. The Labute approximate surface area is 225 Å².